The molecule has 1 fully saturated rings. The van der Waals surface area contributed by atoms with Crippen molar-refractivity contribution in [1.29, 1.82) is 0 Å². The molecule has 0 saturated carbocycles. The van der Waals surface area contributed by atoms with Gasteiger partial charge < -0.3 is 10.6 Å². The fourth-order valence-corrected chi connectivity index (χ4v) is 3.47. The van der Waals surface area contributed by atoms with Gasteiger partial charge in [-0.25, -0.2) is 0 Å². The monoisotopic (exact) mass is 342 g/mol. The second-order valence-corrected chi connectivity index (χ2v) is 6.78. The van der Waals surface area contributed by atoms with Crippen LogP contribution < -0.4 is 10.6 Å². The molecule has 1 amide bonds. The van der Waals surface area contributed by atoms with Crippen molar-refractivity contribution in [1.82, 2.24) is 10.6 Å². The molecule has 1 aliphatic rings. The molecule has 2 N–H and O–H groups in total. The minimum atomic E-state index is 0.124. The summed E-state index contributed by atoms with van der Waals surface area (Å²) >= 11 is 5.13. The zero-order valence-electron chi connectivity index (χ0n) is 11.3. The number of nitrogens with one attached hydrogen (secondary N) is 2. The summed E-state index contributed by atoms with van der Waals surface area (Å²) < 4.78 is 1.12. The minimum Gasteiger partial charge on any atom is -0.351 e. The van der Waals surface area contributed by atoms with Crippen LogP contribution in [0, 0.1) is 13.8 Å². The smallest absolute Gasteiger partial charge is 0.230 e. The van der Waals surface area contributed by atoms with Gasteiger partial charge in [0.15, 0.2) is 0 Å². The summed E-state index contributed by atoms with van der Waals surface area (Å²) in [6, 6.07) is 4.55. The largest absolute Gasteiger partial charge is 0.351 e. The molecule has 5 heteroatoms. The van der Waals surface area contributed by atoms with E-state index < -0.39 is 0 Å². The third-order valence-corrected chi connectivity index (χ3v) is 5.25. The normalized spacial score (nSPS) is 18.6. The molecule has 1 aromatic rings. The summed E-state index contributed by atoms with van der Waals surface area (Å²) in [5, 5.41) is 6.31. The first-order valence-corrected chi connectivity index (χ1v) is 8.24. The molecule has 104 valence electrons. The van der Waals surface area contributed by atoms with Crippen molar-refractivity contribution in [2.75, 3.05) is 18.8 Å². The van der Waals surface area contributed by atoms with Crippen molar-refractivity contribution in [3.63, 3.8) is 0 Å². The summed E-state index contributed by atoms with van der Waals surface area (Å²) in [7, 11) is 0. The number of benzene rings is 1. The fraction of sp³-hybridized carbons (Fsp3) is 0.500. The Bertz CT molecular complexity index is 473. The van der Waals surface area contributed by atoms with E-state index in [1.165, 1.54) is 16.0 Å². The van der Waals surface area contributed by atoms with Crippen LogP contribution in [0.2, 0.25) is 0 Å². The summed E-state index contributed by atoms with van der Waals surface area (Å²) in [6.45, 7) is 6.04. The summed E-state index contributed by atoms with van der Waals surface area (Å²) in [6.07, 6.45) is 1.03. The van der Waals surface area contributed by atoms with E-state index in [1.807, 2.05) is 0 Å². The molecular formula is C14H19BrN2OS. The topological polar surface area (TPSA) is 41.1 Å². The third kappa shape index (κ3) is 4.23. The number of carbonyl (C=O) groups excluding carboxylic acids is 1. The van der Waals surface area contributed by atoms with Gasteiger partial charge in [0.2, 0.25) is 5.91 Å². The van der Waals surface area contributed by atoms with E-state index in [-0.39, 0.29) is 5.91 Å². The SMILES string of the molecule is Cc1cc(SCC(=O)NC2CCNC2)c(C)cc1Br. The summed E-state index contributed by atoms with van der Waals surface area (Å²) in [4.78, 5) is 13.0. The van der Waals surface area contributed by atoms with E-state index in [1.54, 1.807) is 11.8 Å². The van der Waals surface area contributed by atoms with Gasteiger partial charge in [0.05, 0.1) is 5.75 Å². The molecule has 2 rings (SSSR count). The van der Waals surface area contributed by atoms with Gasteiger partial charge in [0.25, 0.3) is 0 Å². The van der Waals surface area contributed by atoms with E-state index in [2.05, 4.69) is 52.5 Å². The number of carbonyl (C=O) groups is 1. The Kier molecular flexibility index (Phi) is 5.30. The van der Waals surface area contributed by atoms with Crippen LogP contribution in [-0.2, 0) is 4.79 Å². The van der Waals surface area contributed by atoms with Crippen molar-refractivity contribution < 1.29 is 4.79 Å². The van der Waals surface area contributed by atoms with Crippen molar-refractivity contribution in [2.24, 2.45) is 0 Å². The quantitative estimate of drug-likeness (QED) is 0.826. The lowest BCUT2D eigenvalue weighted by Crippen LogP contribution is -2.37. The number of aryl methyl sites for hydroxylation is 2. The maximum absolute atomic E-state index is 11.9. The standard InChI is InChI=1S/C14H19BrN2OS/c1-9-6-13(10(2)5-12(9)15)19-8-14(18)17-11-3-4-16-7-11/h5-6,11,16H,3-4,7-8H2,1-2H3,(H,17,18). The number of halogens is 1. The Balaban J connectivity index is 1.87. The first kappa shape index (κ1) is 14.9. The van der Waals surface area contributed by atoms with Gasteiger partial charge in [-0.15, -0.1) is 11.8 Å². The maximum atomic E-state index is 11.9. The highest BCUT2D eigenvalue weighted by molar-refractivity contribution is 9.10. The first-order valence-electron chi connectivity index (χ1n) is 6.46. The van der Waals surface area contributed by atoms with Crippen molar-refractivity contribution in [3.05, 3.63) is 27.7 Å². The minimum absolute atomic E-state index is 0.124. The molecule has 1 heterocycles. The van der Waals surface area contributed by atoms with Gasteiger partial charge in [0.1, 0.15) is 0 Å². The molecule has 0 spiro atoms. The lowest BCUT2D eigenvalue weighted by molar-refractivity contribution is -0.119. The van der Waals surface area contributed by atoms with E-state index in [0.29, 0.717) is 11.8 Å². The predicted octanol–water partition coefficient (Wildman–Crippen LogP) is 2.64. The van der Waals surface area contributed by atoms with E-state index >= 15 is 0 Å². The first-order chi connectivity index (χ1) is 9.06. The van der Waals surface area contributed by atoms with Crippen LogP contribution in [0.1, 0.15) is 17.5 Å². The zero-order valence-corrected chi connectivity index (χ0v) is 13.7. The number of thioether (sulfide) groups is 1. The molecule has 0 bridgehead atoms. The zero-order chi connectivity index (χ0) is 13.8. The molecular weight excluding hydrogens is 324 g/mol. The van der Waals surface area contributed by atoms with Gasteiger partial charge in [-0.3, -0.25) is 4.79 Å². The Labute approximate surface area is 127 Å². The number of hydrogen-bond acceptors (Lipinski definition) is 3. The Hall–Kier alpha value is -0.520. The molecule has 1 saturated heterocycles. The predicted molar refractivity (Wildman–Crippen MR) is 83.8 cm³/mol. The Morgan fingerprint density at radius 1 is 1.47 bits per heavy atom. The highest BCUT2D eigenvalue weighted by atomic mass is 79.9. The summed E-state index contributed by atoms with van der Waals surface area (Å²) in [5.41, 5.74) is 2.41. The van der Waals surface area contributed by atoms with Crippen LogP contribution >= 0.6 is 27.7 Å². The maximum Gasteiger partial charge on any atom is 0.230 e. The van der Waals surface area contributed by atoms with Gasteiger partial charge in [-0.2, -0.15) is 0 Å². The Morgan fingerprint density at radius 3 is 2.95 bits per heavy atom. The van der Waals surface area contributed by atoms with Gasteiger partial charge >= 0.3 is 0 Å². The van der Waals surface area contributed by atoms with Crippen LogP contribution in [0.25, 0.3) is 0 Å². The van der Waals surface area contributed by atoms with Gasteiger partial charge in [-0.05, 0) is 50.1 Å². The summed E-state index contributed by atoms with van der Waals surface area (Å²) in [5.74, 6) is 0.608. The molecule has 19 heavy (non-hydrogen) atoms. The van der Waals surface area contributed by atoms with Crippen molar-refractivity contribution in [2.45, 2.75) is 31.2 Å². The average Bonchev–Trinajstić information content (AvgIpc) is 2.85. The molecule has 1 aromatic carbocycles. The van der Waals surface area contributed by atoms with E-state index in [9.17, 15) is 4.79 Å². The van der Waals surface area contributed by atoms with Crippen molar-refractivity contribution in [3.8, 4) is 0 Å². The molecule has 1 aliphatic heterocycles. The van der Waals surface area contributed by atoms with Crippen LogP contribution in [-0.4, -0.2) is 30.8 Å². The lowest BCUT2D eigenvalue weighted by Gasteiger charge is -2.12. The van der Waals surface area contributed by atoms with Crippen molar-refractivity contribution >= 4 is 33.6 Å². The molecule has 1 atom stereocenters. The fourth-order valence-electron chi connectivity index (χ4n) is 2.10. The number of rotatable bonds is 4. The van der Waals surface area contributed by atoms with Crippen LogP contribution in [0.4, 0.5) is 0 Å². The molecule has 1 unspecified atom stereocenters. The molecule has 0 radical (unpaired) electrons. The molecule has 0 aromatic heterocycles. The number of amides is 1. The van der Waals surface area contributed by atoms with Gasteiger partial charge in [0, 0.05) is 22.0 Å². The van der Waals surface area contributed by atoms with Crippen LogP contribution in [0.15, 0.2) is 21.5 Å². The highest BCUT2D eigenvalue weighted by Crippen LogP contribution is 2.28. The third-order valence-electron chi connectivity index (χ3n) is 3.24. The van der Waals surface area contributed by atoms with Crippen LogP contribution in [0.3, 0.4) is 0 Å². The highest BCUT2D eigenvalue weighted by Gasteiger charge is 2.16. The molecule has 0 aliphatic carbocycles. The van der Waals surface area contributed by atoms with E-state index in [4.69, 9.17) is 0 Å². The Morgan fingerprint density at radius 2 is 2.26 bits per heavy atom. The second kappa shape index (κ2) is 6.77. The average molecular weight is 343 g/mol. The molecule has 3 nitrogen and oxygen atoms in total. The van der Waals surface area contributed by atoms with E-state index in [0.717, 1.165) is 24.0 Å². The second-order valence-electron chi connectivity index (χ2n) is 4.91. The van der Waals surface area contributed by atoms with Gasteiger partial charge in [-0.1, -0.05) is 15.9 Å². The lowest BCUT2D eigenvalue weighted by atomic mass is 10.2. The van der Waals surface area contributed by atoms with Crippen LogP contribution in [0.5, 0.6) is 0 Å². The number of hydrogen-bond donors (Lipinski definition) is 2.